The van der Waals surface area contributed by atoms with Gasteiger partial charge in [0, 0.05) is 0 Å². The molecule has 4 heteroatoms. The highest BCUT2D eigenvalue weighted by Crippen LogP contribution is 2.10. The zero-order valence-electron chi connectivity index (χ0n) is 7.56. The summed E-state index contributed by atoms with van der Waals surface area (Å²) in [5, 5.41) is 2.75. The molecule has 3 nitrogen and oxygen atoms in total. The number of hydrogen-bond donors (Lipinski definition) is 1. The molecule has 1 aromatic rings. The van der Waals surface area contributed by atoms with Gasteiger partial charge in [0.05, 0.1) is 12.2 Å². The summed E-state index contributed by atoms with van der Waals surface area (Å²) in [6, 6.07) is 0. The summed E-state index contributed by atoms with van der Waals surface area (Å²) >= 11 is 0. The van der Waals surface area contributed by atoms with E-state index in [0.717, 1.165) is 0 Å². The second-order valence-electron chi connectivity index (χ2n) is 2.40. The summed E-state index contributed by atoms with van der Waals surface area (Å²) in [7, 11) is 0. The van der Waals surface area contributed by atoms with Crippen molar-refractivity contribution in [2.75, 3.05) is 11.9 Å². The van der Waals surface area contributed by atoms with E-state index in [4.69, 9.17) is 0 Å². The lowest BCUT2D eigenvalue weighted by Crippen LogP contribution is -2.05. The second kappa shape index (κ2) is 4.41. The molecular weight excluding hydrogens is 169 g/mol. The lowest BCUT2D eigenvalue weighted by molar-refractivity contribution is 0.605. The van der Waals surface area contributed by atoms with Crippen LogP contribution in [-0.2, 0) is 0 Å². The fourth-order valence-electron chi connectivity index (χ4n) is 0.797. The van der Waals surface area contributed by atoms with Gasteiger partial charge in [-0.25, -0.2) is 14.4 Å². The van der Waals surface area contributed by atoms with Crippen LogP contribution >= 0.6 is 0 Å². The van der Waals surface area contributed by atoms with Crippen LogP contribution < -0.4 is 5.32 Å². The van der Waals surface area contributed by atoms with Gasteiger partial charge in [0.15, 0.2) is 11.6 Å². The summed E-state index contributed by atoms with van der Waals surface area (Å²) in [5.74, 6) is 5.24. The highest BCUT2D eigenvalue weighted by Gasteiger charge is 2.05. The molecule has 0 aromatic carbocycles. The Kier molecular flexibility index (Phi) is 3.21. The van der Waals surface area contributed by atoms with Crippen LogP contribution in [-0.4, -0.2) is 16.5 Å². The van der Waals surface area contributed by atoms with Crippen molar-refractivity contribution >= 4 is 5.82 Å². The van der Waals surface area contributed by atoms with Gasteiger partial charge in [0.25, 0.3) is 0 Å². The first-order chi connectivity index (χ1) is 6.25. The number of halogens is 1. The van der Waals surface area contributed by atoms with Gasteiger partial charge in [-0.15, -0.1) is 5.92 Å². The molecule has 1 heterocycles. The van der Waals surface area contributed by atoms with Crippen LogP contribution in [0.15, 0.2) is 6.33 Å². The molecule has 0 saturated heterocycles. The molecule has 0 aliphatic carbocycles. The molecule has 0 aliphatic rings. The Morgan fingerprint density at radius 3 is 3.00 bits per heavy atom. The van der Waals surface area contributed by atoms with Gasteiger partial charge in [-0.3, -0.25) is 0 Å². The van der Waals surface area contributed by atoms with Gasteiger partial charge in [-0.05, 0) is 13.8 Å². The van der Waals surface area contributed by atoms with Crippen molar-refractivity contribution in [3.63, 3.8) is 0 Å². The van der Waals surface area contributed by atoms with Crippen molar-refractivity contribution in [3.8, 4) is 11.8 Å². The summed E-state index contributed by atoms with van der Waals surface area (Å²) in [6.07, 6.45) is 1.32. The van der Waals surface area contributed by atoms with Gasteiger partial charge in [0.2, 0.25) is 0 Å². The summed E-state index contributed by atoms with van der Waals surface area (Å²) in [6.45, 7) is 3.71. The van der Waals surface area contributed by atoms with Crippen LogP contribution in [0.25, 0.3) is 0 Å². The molecule has 13 heavy (non-hydrogen) atoms. The quantitative estimate of drug-likeness (QED) is 0.696. The van der Waals surface area contributed by atoms with Crippen LogP contribution in [0.1, 0.15) is 12.6 Å². The Bertz CT molecular complexity index is 352. The fourth-order valence-corrected chi connectivity index (χ4v) is 0.797. The molecule has 68 valence electrons. The Hall–Kier alpha value is -1.63. The van der Waals surface area contributed by atoms with E-state index in [-0.39, 0.29) is 5.82 Å². The predicted molar refractivity (Wildman–Crippen MR) is 48.7 cm³/mol. The Morgan fingerprint density at radius 2 is 2.31 bits per heavy atom. The van der Waals surface area contributed by atoms with E-state index >= 15 is 0 Å². The normalized spacial score (nSPS) is 8.85. The maximum Gasteiger partial charge on any atom is 0.186 e. The Morgan fingerprint density at radius 1 is 1.54 bits per heavy atom. The monoisotopic (exact) mass is 179 g/mol. The molecule has 0 radical (unpaired) electrons. The zero-order chi connectivity index (χ0) is 9.68. The number of anilines is 1. The largest absolute Gasteiger partial charge is 0.357 e. The van der Waals surface area contributed by atoms with Gasteiger partial charge in [0.1, 0.15) is 6.33 Å². The zero-order valence-corrected chi connectivity index (χ0v) is 7.56. The predicted octanol–water partition coefficient (Wildman–Crippen LogP) is 1.36. The first kappa shape index (κ1) is 9.46. The third-order valence-corrected chi connectivity index (χ3v) is 1.48. The molecule has 1 rings (SSSR count). The van der Waals surface area contributed by atoms with E-state index in [2.05, 4.69) is 27.1 Å². The van der Waals surface area contributed by atoms with Crippen molar-refractivity contribution < 1.29 is 4.39 Å². The number of rotatable bonds is 2. The molecule has 0 fully saturated rings. The van der Waals surface area contributed by atoms with Crippen LogP contribution in [0, 0.1) is 24.6 Å². The van der Waals surface area contributed by atoms with E-state index < -0.39 is 5.82 Å². The molecule has 1 aromatic heterocycles. The molecule has 0 atom stereocenters. The minimum atomic E-state index is -0.416. The molecule has 0 unspecified atom stereocenters. The van der Waals surface area contributed by atoms with E-state index in [0.29, 0.717) is 12.2 Å². The van der Waals surface area contributed by atoms with Crippen LogP contribution in [0.5, 0.6) is 0 Å². The molecule has 0 saturated carbocycles. The molecule has 0 bridgehead atoms. The summed E-state index contributed by atoms with van der Waals surface area (Å²) < 4.78 is 13.2. The number of hydrogen-bond acceptors (Lipinski definition) is 3. The van der Waals surface area contributed by atoms with Crippen molar-refractivity contribution in [1.82, 2.24) is 9.97 Å². The Labute approximate surface area is 76.4 Å². The van der Waals surface area contributed by atoms with Gasteiger partial charge in [-0.1, -0.05) is 5.92 Å². The smallest absolute Gasteiger partial charge is 0.186 e. The standard InChI is InChI=1S/C9H10FN3/c1-3-4-5-11-9-8(10)7(2)12-6-13-9/h6H,5H2,1-2H3,(H,11,12,13). The maximum absolute atomic E-state index is 13.2. The minimum absolute atomic E-state index is 0.204. The Balaban J connectivity index is 2.75. The van der Waals surface area contributed by atoms with Gasteiger partial charge in [-0.2, -0.15) is 0 Å². The highest BCUT2D eigenvalue weighted by molar-refractivity contribution is 5.38. The SMILES string of the molecule is CC#CCNc1ncnc(C)c1F. The number of nitrogens with one attached hydrogen (secondary N) is 1. The van der Waals surface area contributed by atoms with E-state index in [9.17, 15) is 4.39 Å². The molecular formula is C9H10FN3. The first-order valence-corrected chi connectivity index (χ1v) is 3.86. The van der Waals surface area contributed by atoms with Crippen molar-refractivity contribution in [2.45, 2.75) is 13.8 Å². The van der Waals surface area contributed by atoms with E-state index in [1.54, 1.807) is 13.8 Å². The molecule has 1 N–H and O–H groups in total. The fraction of sp³-hybridized carbons (Fsp3) is 0.333. The molecule has 0 aliphatic heterocycles. The first-order valence-electron chi connectivity index (χ1n) is 3.86. The van der Waals surface area contributed by atoms with E-state index in [1.807, 2.05) is 0 Å². The third-order valence-electron chi connectivity index (χ3n) is 1.48. The molecule has 0 spiro atoms. The van der Waals surface area contributed by atoms with Gasteiger partial charge < -0.3 is 5.32 Å². The topological polar surface area (TPSA) is 37.8 Å². The van der Waals surface area contributed by atoms with Crippen molar-refractivity contribution in [2.24, 2.45) is 0 Å². The van der Waals surface area contributed by atoms with Gasteiger partial charge >= 0.3 is 0 Å². The van der Waals surface area contributed by atoms with Crippen molar-refractivity contribution in [1.29, 1.82) is 0 Å². The average Bonchev–Trinajstić information content (AvgIpc) is 2.13. The molecule has 0 amide bonds. The van der Waals surface area contributed by atoms with Crippen LogP contribution in [0.2, 0.25) is 0 Å². The highest BCUT2D eigenvalue weighted by atomic mass is 19.1. The minimum Gasteiger partial charge on any atom is -0.357 e. The number of nitrogens with zero attached hydrogens (tertiary/aromatic N) is 2. The lowest BCUT2D eigenvalue weighted by atomic mass is 10.4. The lowest BCUT2D eigenvalue weighted by Gasteiger charge is -2.03. The number of aryl methyl sites for hydroxylation is 1. The number of aromatic nitrogens is 2. The van der Waals surface area contributed by atoms with Crippen LogP contribution in [0.4, 0.5) is 10.2 Å². The average molecular weight is 179 g/mol. The van der Waals surface area contributed by atoms with Crippen molar-refractivity contribution in [3.05, 3.63) is 17.8 Å². The maximum atomic E-state index is 13.2. The van der Waals surface area contributed by atoms with Crippen LogP contribution in [0.3, 0.4) is 0 Å². The summed E-state index contributed by atoms with van der Waals surface area (Å²) in [5.41, 5.74) is 0.335. The third kappa shape index (κ3) is 2.41. The second-order valence-corrected chi connectivity index (χ2v) is 2.40. The van der Waals surface area contributed by atoms with E-state index in [1.165, 1.54) is 6.33 Å². The summed E-state index contributed by atoms with van der Waals surface area (Å²) in [4.78, 5) is 7.45.